The van der Waals surface area contributed by atoms with Gasteiger partial charge in [-0.1, -0.05) is 43.3 Å². The third kappa shape index (κ3) is 4.18. The molecule has 0 amide bonds. The monoisotopic (exact) mass is 192 g/mol. The Morgan fingerprint density at radius 2 is 2.08 bits per heavy atom. The summed E-state index contributed by atoms with van der Waals surface area (Å²) >= 11 is 1.97. The first-order valence-electron chi connectivity index (χ1n) is 4.57. The van der Waals surface area contributed by atoms with E-state index in [1.807, 2.05) is 17.8 Å². The van der Waals surface area contributed by atoms with Crippen molar-refractivity contribution < 1.29 is 0 Å². The standard InChI is InChI=1S/C12H16S/c1-3-11(2)9-13-10-12-7-5-4-6-8-12/h3-8,11H,1,9-10H2,2H3. The zero-order valence-electron chi connectivity index (χ0n) is 8.07. The predicted octanol–water partition coefficient (Wildman–Crippen LogP) is 3.74. The molecule has 0 N–H and O–H groups in total. The van der Waals surface area contributed by atoms with E-state index in [1.54, 1.807) is 0 Å². The topological polar surface area (TPSA) is 0 Å². The zero-order valence-corrected chi connectivity index (χ0v) is 8.89. The van der Waals surface area contributed by atoms with E-state index < -0.39 is 0 Å². The maximum absolute atomic E-state index is 3.77. The van der Waals surface area contributed by atoms with Crippen molar-refractivity contribution in [2.75, 3.05) is 5.75 Å². The van der Waals surface area contributed by atoms with Crippen molar-refractivity contribution in [2.45, 2.75) is 12.7 Å². The summed E-state index contributed by atoms with van der Waals surface area (Å²) in [4.78, 5) is 0. The number of hydrogen-bond donors (Lipinski definition) is 0. The van der Waals surface area contributed by atoms with Crippen molar-refractivity contribution in [3.63, 3.8) is 0 Å². The van der Waals surface area contributed by atoms with Crippen molar-refractivity contribution in [1.29, 1.82) is 0 Å². The fraction of sp³-hybridized carbons (Fsp3) is 0.333. The Hall–Kier alpha value is -0.690. The lowest BCUT2D eigenvalue weighted by atomic mass is 10.2. The van der Waals surface area contributed by atoms with Crippen LogP contribution in [0.4, 0.5) is 0 Å². The molecular weight excluding hydrogens is 176 g/mol. The van der Waals surface area contributed by atoms with Crippen molar-refractivity contribution in [1.82, 2.24) is 0 Å². The predicted molar refractivity (Wildman–Crippen MR) is 62.0 cm³/mol. The molecule has 0 bridgehead atoms. The molecule has 1 heteroatoms. The first-order valence-corrected chi connectivity index (χ1v) is 5.72. The average Bonchev–Trinajstić information content (AvgIpc) is 2.19. The number of hydrogen-bond acceptors (Lipinski definition) is 1. The largest absolute Gasteiger partial charge is 0.157 e. The van der Waals surface area contributed by atoms with Gasteiger partial charge in [-0.2, -0.15) is 11.8 Å². The van der Waals surface area contributed by atoms with Crippen LogP contribution in [0.3, 0.4) is 0 Å². The first-order chi connectivity index (χ1) is 6.33. The van der Waals surface area contributed by atoms with Crippen molar-refractivity contribution in [3.8, 4) is 0 Å². The molecule has 0 heterocycles. The van der Waals surface area contributed by atoms with E-state index in [0.717, 1.165) is 5.75 Å². The van der Waals surface area contributed by atoms with Crippen molar-refractivity contribution >= 4 is 11.8 Å². The highest BCUT2D eigenvalue weighted by Crippen LogP contribution is 2.15. The minimum absolute atomic E-state index is 0.619. The number of thioether (sulfide) groups is 1. The number of rotatable bonds is 5. The van der Waals surface area contributed by atoms with E-state index in [2.05, 4.69) is 43.8 Å². The Labute approximate surface area is 85.1 Å². The minimum atomic E-state index is 0.619. The molecule has 13 heavy (non-hydrogen) atoms. The second kappa shape index (κ2) is 5.87. The van der Waals surface area contributed by atoms with Crippen LogP contribution in [0.1, 0.15) is 12.5 Å². The summed E-state index contributed by atoms with van der Waals surface area (Å²) in [6.45, 7) is 5.97. The molecule has 1 rings (SSSR count). The van der Waals surface area contributed by atoms with E-state index in [-0.39, 0.29) is 0 Å². The van der Waals surface area contributed by atoms with Crippen LogP contribution in [0, 0.1) is 5.92 Å². The molecule has 1 aromatic rings. The molecule has 1 unspecified atom stereocenters. The fourth-order valence-corrected chi connectivity index (χ4v) is 2.06. The van der Waals surface area contributed by atoms with Gasteiger partial charge in [0.25, 0.3) is 0 Å². The first kappa shape index (κ1) is 10.4. The normalized spacial score (nSPS) is 12.4. The van der Waals surface area contributed by atoms with E-state index in [4.69, 9.17) is 0 Å². The molecule has 1 atom stereocenters. The van der Waals surface area contributed by atoms with Gasteiger partial charge < -0.3 is 0 Å². The van der Waals surface area contributed by atoms with Crippen LogP contribution in [0.2, 0.25) is 0 Å². The maximum atomic E-state index is 3.77. The third-order valence-corrected chi connectivity index (χ3v) is 3.19. The highest BCUT2D eigenvalue weighted by Gasteiger charge is 1.96. The smallest absolute Gasteiger partial charge is 0.0184 e. The quantitative estimate of drug-likeness (QED) is 0.640. The van der Waals surface area contributed by atoms with Gasteiger partial charge in [-0.3, -0.25) is 0 Å². The van der Waals surface area contributed by atoms with Gasteiger partial charge in [0.15, 0.2) is 0 Å². The average molecular weight is 192 g/mol. The number of allylic oxidation sites excluding steroid dienone is 1. The van der Waals surface area contributed by atoms with E-state index in [1.165, 1.54) is 11.3 Å². The SMILES string of the molecule is C=CC(C)CSCc1ccccc1. The van der Waals surface area contributed by atoms with Gasteiger partial charge in [0, 0.05) is 5.75 Å². The Bertz CT molecular complexity index is 241. The molecule has 0 spiro atoms. The van der Waals surface area contributed by atoms with E-state index >= 15 is 0 Å². The molecule has 0 aliphatic carbocycles. The summed E-state index contributed by atoms with van der Waals surface area (Å²) in [5.41, 5.74) is 1.41. The van der Waals surface area contributed by atoms with Gasteiger partial charge >= 0.3 is 0 Å². The van der Waals surface area contributed by atoms with Gasteiger partial charge in [-0.15, -0.1) is 6.58 Å². The van der Waals surface area contributed by atoms with Gasteiger partial charge in [0.2, 0.25) is 0 Å². The lowest BCUT2D eigenvalue weighted by molar-refractivity contribution is 0.849. The van der Waals surface area contributed by atoms with Crippen LogP contribution in [0.15, 0.2) is 43.0 Å². The molecular formula is C12H16S. The van der Waals surface area contributed by atoms with Gasteiger partial charge in [0.05, 0.1) is 0 Å². The Kier molecular flexibility index (Phi) is 4.69. The van der Waals surface area contributed by atoms with Crippen molar-refractivity contribution in [2.24, 2.45) is 5.92 Å². The minimum Gasteiger partial charge on any atom is -0.157 e. The Balaban J connectivity index is 2.24. The summed E-state index contributed by atoms with van der Waals surface area (Å²) < 4.78 is 0. The van der Waals surface area contributed by atoms with Gasteiger partial charge in [-0.05, 0) is 17.2 Å². The number of benzene rings is 1. The van der Waals surface area contributed by atoms with Crippen LogP contribution in [-0.2, 0) is 5.75 Å². The van der Waals surface area contributed by atoms with Crippen LogP contribution >= 0.6 is 11.8 Å². The molecule has 0 fully saturated rings. The summed E-state index contributed by atoms with van der Waals surface area (Å²) in [5, 5.41) is 0. The van der Waals surface area contributed by atoms with Crippen LogP contribution < -0.4 is 0 Å². The van der Waals surface area contributed by atoms with E-state index in [0.29, 0.717) is 5.92 Å². The van der Waals surface area contributed by atoms with Crippen LogP contribution in [-0.4, -0.2) is 5.75 Å². The second-order valence-electron chi connectivity index (χ2n) is 3.21. The lowest BCUT2D eigenvalue weighted by Gasteiger charge is -2.04. The van der Waals surface area contributed by atoms with Crippen LogP contribution in [0.25, 0.3) is 0 Å². The highest BCUT2D eigenvalue weighted by molar-refractivity contribution is 7.98. The molecule has 0 saturated heterocycles. The molecule has 0 aliphatic heterocycles. The van der Waals surface area contributed by atoms with Crippen LogP contribution in [0.5, 0.6) is 0 Å². The summed E-state index contributed by atoms with van der Waals surface area (Å²) in [6.07, 6.45) is 2.01. The second-order valence-corrected chi connectivity index (χ2v) is 4.24. The molecule has 0 radical (unpaired) electrons. The van der Waals surface area contributed by atoms with Gasteiger partial charge in [-0.25, -0.2) is 0 Å². The van der Waals surface area contributed by atoms with Crippen molar-refractivity contribution in [3.05, 3.63) is 48.6 Å². The fourth-order valence-electron chi connectivity index (χ4n) is 1.00. The zero-order chi connectivity index (χ0) is 9.52. The third-order valence-electron chi connectivity index (χ3n) is 1.89. The lowest BCUT2D eigenvalue weighted by Crippen LogP contribution is -1.92. The molecule has 0 aliphatic rings. The summed E-state index contributed by atoms with van der Waals surface area (Å²) in [7, 11) is 0. The van der Waals surface area contributed by atoms with E-state index in [9.17, 15) is 0 Å². The molecule has 1 aromatic carbocycles. The summed E-state index contributed by atoms with van der Waals surface area (Å²) in [5.74, 6) is 2.89. The Morgan fingerprint density at radius 1 is 1.38 bits per heavy atom. The molecule has 0 saturated carbocycles. The summed E-state index contributed by atoms with van der Waals surface area (Å²) in [6, 6.07) is 10.6. The molecule has 0 aromatic heterocycles. The Morgan fingerprint density at radius 3 is 2.69 bits per heavy atom. The molecule has 70 valence electrons. The van der Waals surface area contributed by atoms with Gasteiger partial charge in [0.1, 0.15) is 0 Å². The maximum Gasteiger partial charge on any atom is 0.0184 e. The highest BCUT2D eigenvalue weighted by atomic mass is 32.2. The molecule has 0 nitrogen and oxygen atoms in total.